The molecule has 0 spiro atoms. The zero-order valence-electron chi connectivity index (χ0n) is 19.3. The van der Waals surface area contributed by atoms with Gasteiger partial charge >= 0.3 is 0 Å². The predicted molar refractivity (Wildman–Crippen MR) is 138 cm³/mol. The van der Waals surface area contributed by atoms with E-state index in [1.54, 1.807) is 18.2 Å². The number of benzene rings is 3. The molecule has 1 fully saturated rings. The molecule has 0 aromatic heterocycles. The fourth-order valence-corrected chi connectivity index (χ4v) is 4.58. The highest BCUT2D eigenvalue weighted by atomic mass is 35.5. The molecule has 35 heavy (non-hydrogen) atoms. The standard InChI is InChI=1S/C27H26ClNO5S/c1-2-7-18-16-21(34-20-8-4-3-5-9-20)11-13-23(18)32-14-6-15-33-24-12-10-19(17-22(24)28)25-26(30)35-27(31)29-25/h3-5,8-13,16-17,25H,2,6-7,14-15H2,1H3,(H,29,31). The van der Waals surface area contributed by atoms with E-state index in [-0.39, 0.29) is 10.4 Å². The third kappa shape index (κ3) is 6.71. The van der Waals surface area contributed by atoms with Gasteiger partial charge in [0.25, 0.3) is 5.24 Å². The number of ether oxygens (including phenoxy) is 3. The minimum atomic E-state index is -0.672. The zero-order valence-corrected chi connectivity index (χ0v) is 20.9. The Morgan fingerprint density at radius 1 is 0.914 bits per heavy atom. The number of halogens is 1. The molecule has 3 aromatic rings. The van der Waals surface area contributed by atoms with E-state index in [9.17, 15) is 9.59 Å². The minimum Gasteiger partial charge on any atom is -0.493 e. The number of hydrogen-bond acceptors (Lipinski definition) is 6. The maximum atomic E-state index is 11.9. The minimum absolute atomic E-state index is 0.237. The van der Waals surface area contributed by atoms with Crippen LogP contribution in [0.3, 0.4) is 0 Å². The first-order chi connectivity index (χ1) is 17.0. The number of nitrogens with one attached hydrogen (secondary N) is 1. The average molecular weight is 512 g/mol. The molecule has 0 saturated carbocycles. The van der Waals surface area contributed by atoms with Gasteiger partial charge in [-0.05, 0) is 60.0 Å². The van der Waals surface area contributed by atoms with Gasteiger partial charge in [0.2, 0.25) is 5.12 Å². The largest absolute Gasteiger partial charge is 0.493 e. The van der Waals surface area contributed by atoms with E-state index in [2.05, 4.69) is 12.2 Å². The molecule has 3 aromatic carbocycles. The van der Waals surface area contributed by atoms with Crippen LogP contribution in [-0.2, 0) is 11.2 Å². The van der Waals surface area contributed by atoms with E-state index in [1.807, 2.05) is 48.5 Å². The topological polar surface area (TPSA) is 73.9 Å². The van der Waals surface area contributed by atoms with Crippen LogP contribution < -0.4 is 19.5 Å². The lowest BCUT2D eigenvalue weighted by Crippen LogP contribution is -2.19. The summed E-state index contributed by atoms with van der Waals surface area (Å²) in [6, 6.07) is 20.0. The molecular weight excluding hydrogens is 486 g/mol. The van der Waals surface area contributed by atoms with E-state index >= 15 is 0 Å². The van der Waals surface area contributed by atoms with Gasteiger partial charge in [0.05, 0.1) is 18.2 Å². The Morgan fingerprint density at radius 2 is 1.66 bits per heavy atom. The van der Waals surface area contributed by atoms with Crippen molar-refractivity contribution in [3.63, 3.8) is 0 Å². The van der Waals surface area contributed by atoms with Crippen molar-refractivity contribution in [3.8, 4) is 23.0 Å². The van der Waals surface area contributed by atoms with Crippen molar-refractivity contribution in [2.45, 2.75) is 32.2 Å². The fraction of sp³-hybridized carbons (Fsp3) is 0.259. The first-order valence-electron chi connectivity index (χ1n) is 11.5. The van der Waals surface area contributed by atoms with Gasteiger partial charge in [-0.15, -0.1) is 0 Å². The Kier molecular flexibility index (Phi) is 8.55. The van der Waals surface area contributed by atoms with Crippen LogP contribution >= 0.6 is 23.4 Å². The average Bonchev–Trinajstić information content (AvgIpc) is 3.19. The second kappa shape index (κ2) is 12.0. The van der Waals surface area contributed by atoms with E-state index in [0.29, 0.717) is 47.7 Å². The normalized spacial score (nSPS) is 15.1. The van der Waals surface area contributed by atoms with Gasteiger partial charge in [-0.1, -0.05) is 49.2 Å². The smallest absolute Gasteiger partial charge is 0.287 e. The van der Waals surface area contributed by atoms with Crippen LogP contribution in [0.5, 0.6) is 23.0 Å². The summed E-state index contributed by atoms with van der Waals surface area (Å²) in [6.45, 7) is 3.05. The van der Waals surface area contributed by atoms with Crippen LogP contribution in [0.1, 0.15) is 36.9 Å². The molecule has 0 bridgehead atoms. The Bertz CT molecular complexity index is 1190. The molecule has 0 aliphatic carbocycles. The molecule has 8 heteroatoms. The molecule has 1 aliphatic heterocycles. The quantitative estimate of drug-likeness (QED) is 0.280. The number of amides is 1. The van der Waals surface area contributed by atoms with Gasteiger partial charge in [-0.2, -0.15) is 0 Å². The van der Waals surface area contributed by atoms with Crippen molar-refractivity contribution in [2.24, 2.45) is 0 Å². The van der Waals surface area contributed by atoms with Crippen LogP contribution in [0.25, 0.3) is 0 Å². The number of rotatable bonds is 11. The summed E-state index contributed by atoms with van der Waals surface area (Å²) < 4.78 is 17.8. The van der Waals surface area contributed by atoms with Crippen LogP contribution in [-0.4, -0.2) is 23.6 Å². The molecule has 0 radical (unpaired) electrons. The monoisotopic (exact) mass is 511 g/mol. The van der Waals surface area contributed by atoms with Crippen molar-refractivity contribution >= 4 is 33.7 Å². The Morgan fingerprint density at radius 3 is 2.34 bits per heavy atom. The van der Waals surface area contributed by atoms with E-state index in [4.69, 9.17) is 25.8 Å². The summed E-state index contributed by atoms with van der Waals surface area (Å²) in [5, 5.41) is 2.42. The lowest BCUT2D eigenvalue weighted by Gasteiger charge is -2.14. The van der Waals surface area contributed by atoms with Crippen molar-refractivity contribution in [3.05, 3.63) is 82.9 Å². The Labute approximate surface area is 213 Å². The van der Waals surface area contributed by atoms with Gasteiger partial charge in [0, 0.05) is 18.2 Å². The van der Waals surface area contributed by atoms with Crippen LogP contribution in [0, 0.1) is 0 Å². The summed E-state index contributed by atoms with van der Waals surface area (Å²) in [6.07, 6.45) is 2.56. The van der Waals surface area contributed by atoms with E-state index < -0.39 is 6.04 Å². The second-order valence-corrected chi connectivity index (χ2v) is 9.35. The number of carbonyl (C=O) groups excluding carboxylic acids is 2. The van der Waals surface area contributed by atoms with Crippen molar-refractivity contribution < 1.29 is 23.8 Å². The Hall–Kier alpha value is -3.16. The molecule has 1 unspecified atom stereocenters. The molecule has 6 nitrogen and oxygen atoms in total. The zero-order chi connectivity index (χ0) is 24.6. The van der Waals surface area contributed by atoms with E-state index in [1.165, 1.54) is 0 Å². The maximum absolute atomic E-state index is 11.9. The number of aryl methyl sites for hydroxylation is 1. The maximum Gasteiger partial charge on any atom is 0.287 e. The molecule has 1 aliphatic rings. The highest BCUT2D eigenvalue weighted by molar-refractivity contribution is 8.26. The van der Waals surface area contributed by atoms with Crippen LogP contribution in [0.2, 0.25) is 5.02 Å². The summed E-state index contributed by atoms with van der Waals surface area (Å²) >= 11 is 7.00. The molecule has 1 amide bonds. The van der Waals surface area contributed by atoms with Gasteiger partial charge in [-0.25, -0.2) is 0 Å². The summed E-state index contributed by atoms with van der Waals surface area (Å²) in [5.74, 6) is 2.95. The summed E-state index contributed by atoms with van der Waals surface area (Å²) in [5.41, 5.74) is 1.74. The first-order valence-corrected chi connectivity index (χ1v) is 12.7. The molecule has 1 saturated heterocycles. The molecule has 1 heterocycles. The van der Waals surface area contributed by atoms with Gasteiger partial charge in [-0.3, -0.25) is 9.59 Å². The van der Waals surface area contributed by atoms with E-state index in [0.717, 1.165) is 35.7 Å². The second-order valence-electron chi connectivity index (χ2n) is 7.96. The van der Waals surface area contributed by atoms with Crippen molar-refractivity contribution in [2.75, 3.05) is 13.2 Å². The molecule has 182 valence electrons. The van der Waals surface area contributed by atoms with Crippen molar-refractivity contribution in [1.29, 1.82) is 0 Å². The summed E-state index contributed by atoms with van der Waals surface area (Å²) in [7, 11) is 0. The number of carbonyl (C=O) groups is 2. The summed E-state index contributed by atoms with van der Waals surface area (Å²) in [4.78, 5) is 23.3. The lowest BCUT2D eigenvalue weighted by atomic mass is 10.1. The number of thioether (sulfide) groups is 1. The number of hydrogen-bond donors (Lipinski definition) is 1. The third-order valence-corrected chi connectivity index (χ3v) is 6.35. The van der Waals surface area contributed by atoms with Crippen LogP contribution in [0.15, 0.2) is 66.7 Å². The molecule has 1 atom stereocenters. The van der Waals surface area contributed by atoms with Gasteiger partial charge in [0.1, 0.15) is 29.0 Å². The SMILES string of the molecule is CCCc1cc(Oc2ccccc2)ccc1OCCCOc1ccc(C2NC(=O)SC2=O)cc1Cl. The highest BCUT2D eigenvalue weighted by Gasteiger charge is 2.32. The van der Waals surface area contributed by atoms with Crippen molar-refractivity contribution in [1.82, 2.24) is 5.32 Å². The number of para-hydroxylation sites is 1. The predicted octanol–water partition coefficient (Wildman–Crippen LogP) is 6.96. The molecular formula is C27H26ClNO5S. The Balaban J connectivity index is 1.27. The molecule has 1 N–H and O–H groups in total. The first kappa shape index (κ1) is 24.9. The highest BCUT2D eigenvalue weighted by Crippen LogP contribution is 2.33. The van der Waals surface area contributed by atoms with Crippen LogP contribution in [0.4, 0.5) is 4.79 Å². The third-order valence-electron chi connectivity index (χ3n) is 5.31. The molecule has 4 rings (SSSR count). The lowest BCUT2D eigenvalue weighted by molar-refractivity contribution is -0.112. The fourth-order valence-electron chi connectivity index (χ4n) is 3.66. The van der Waals surface area contributed by atoms with Gasteiger partial charge in [0.15, 0.2) is 0 Å². The van der Waals surface area contributed by atoms with Gasteiger partial charge < -0.3 is 19.5 Å².